The quantitative estimate of drug-likeness (QED) is 0.202. The predicted octanol–water partition coefficient (Wildman–Crippen LogP) is 3.64. The first kappa shape index (κ1) is 24.2. The zero-order valence-corrected chi connectivity index (χ0v) is 18.9. The van der Waals surface area contributed by atoms with E-state index >= 15 is 0 Å². The van der Waals surface area contributed by atoms with Crippen molar-refractivity contribution in [3.8, 4) is 5.75 Å². The number of methoxy groups -OCH3 is 2. The molecule has 11 nitrogen and oxygen atoms in total. The number of benzene rings is 3. The molecule has 0 saturated heterocycles. The summed E-state index contributed by atoms with van der Waals surface area (Å²) in [4.78, 5) is 22.0. The molecule has 0 saturated carbocycles. The minimum atomic E-state index is -4.08. The van der Waals surface area contributed by atoms with Gasteiger partial charge in [0.15, 0.2) is 0 Å². The lowest BCUT2D eigenvalue weighted by Crippen LogP contribution is -2.13. The van der Waals surface area contributed by atoms with Gasteiger partial charge in [0.1, 0.15) is 11.4 Å². The lowest BCUT2D eigenvalue weighted by molar-refractivity contribution is -0.384. The number of carbonyl (C=O) groups excluding carboxylic acids is 1. The minimum Gasteiger partial charge on any atom is -0.497 e. The Hall–Kier alpha value is -4.45. The molecule has 0 fully saturated rings. The van der Waals surface area contributed by atoms with Gasteiger partial charge in [-0.05, 0) is 54.1 Å². The molecule has 176 valence electrons. The monoisotopic (exact) mass is 484 g/mol. The van der Waals surface area contributed by atoms with Gasteiger partial charge in [-0.25, -0.2) is 13.2 Å². The number of hydrogen-bond donors (Lipinski definition) is 2. The number of nitro groups is 1. The molecule has 0 amide bonds. The molecule has 0 aliphatic carbocycles. The van der Waals surface area contributed by atoms with Gasteiger partial charge in [0.25, 0.3) is 15.7 Å². The van der Waals surface area contributed by atoms with Gasteiger partial charge in [-0.3, -0.25) is 20.3 Å². The van der Waals surface area contributed by atoms with Crippen molar-refractivity contribution in [2.24, 2.45) is 5.10 Å². The van der Waals surface area contributed by atoms with Gasteiger partial charge < -0.3 is 9.47 Å². The van der Waals surface area contributed by atoms with Gasteiger partial charge in [0, 0.05) is 11.8 Å². The minimum absolute atomic E-state index is 0.00386. The number of ether oxygens (including phenoxy) is 2. The second-order valence-electron chi connectivity index (χ2n) is 6.75. The first-order chi connectivity index (χ1) is 16.2. The van der Waals surface area contributed by atoms with E-state index in [-0.39, 0.29) is 16.3 Å². The standard InChI is InChI=1S/C22H20N4O7S/c1-32-18-9-7-17(8-10-18)25-34(30,31)19-11-12-20(21(13-19)26(28)29)24-23-14-15-3-5-16(6-4-15)22(27)33-2/h3-14,24-25H,1-2H3. The van der Waals surface area contributed by atoms with Gasteiger partial charge in [-0.15, -0.1) is 0 Å². The molecule has 34 heavy (non-hydrogen) atoms. The van der Waals surface area contributed by atoms with Crippen LogP contribution in [0.15, 0.2) is 76.7 Å². The topological polar surface area (TPSA) is 149 Å². The first-order valence-electron chi connectivity index (χ1n) is 9.66. The first-order valence-corrected chi connectivity index (χ1v) is 11.1. The van der Waals surface area contributed by atoms with Crippen molar-refractivity contribution in [3.63, 3.8) is 0 Å². The van der Waals surface area contributed by atoms with Crippen LogP contribution in [0.2, 0.25) is 0 Å². The summed E-state index contributed by atoms with van der Waals surface area (Å²) in [5, 5.41) is 15.5. The van der Waals surface area contributed by atoms with E-state index in [1.54, 1.807) is 36.4 Å². The number of hydrazone groups is 1. The number of nitrogens with one attached hydrogen (secondary N) is 2. The fourth-order valence-electron chi connectivity index (χ4n) is 2.80. The van der Waals surface area contributed by atoms with Crippen molar-refractivity contribution in [2.75, 3.05) is 24.4 Å². The summed E-state index contributed by atoms with van der Waals surface area (Å²) >= 11 is 0. The van der Waals surface area contributed by atoms with E-state index in [0.717, 1.165) is 6.07 Å². The van der Waals surface area contributed by atoms with E-state index in [4.69, 9.17) is 4.74 Å². The number of carbonyl (C=O) groups is 1. The van der Waals surface area contributed by atoms with Crippen molar-refractivity contribution < 1.29 is 27.6 Å². The van der Waals surface area contributed by atoms with Crippen LogP contribution in [0.1, 0.15) is 15.9 Å². The number of nitro benzene ring substituents is 1. The molecule has 0 aliphatic heterocycles. The zero-order chi connectivity index (χ0) is 24.7. The van der Waals surface area contributed by atoms with Crippen molar-refractivity contribution in [2.45, 2.75) is 4.90 Å². The highest BCUT2D eigenvalue weighted by atomic mass is 32.2. The third-order valence-electron chi connectivity index (χ3n) is 4.55. The third kappa shape index (κ3) is 5.86. The van der Waals surface area contributed by atoms with Gasteiger partial charge in [0.2, 0.25) is 0 Å². The number of nitrogens with zero attached hydrogens (tertiary/aromatic N) is 2. The predicted molar refractivity (Wildman–Crippen MR) is 126 cm³/mol. The summed E-state index contributed by atoms with van der Waals surface area (Å²) in [5.74, 6) is 0.0720. The molecular formula is C22H20N4O7S. The lowest BCUT2D eigenvalue weighted by atomic mass is 10.1. The van der Waals surface area contributed by atoms with Crippen LogP contribution < -0.4 is 14.9 Å². The molecule has 12 heteroatoms. The number of anilines is 2. The number of esters is 1. The third-order valence-corrected chi connectivity index (χ3v) is 5.93. The number of sulfonamides is 1. The molecule has 0 radical (unpaired) electrons. The second-order valence-corrected chi connectivity index (χ2v) is 8.44. The summed E-state index contributed by atoms with van der Waals surface area (Å²) in [5.41, 5.74) is 3.31. The Morgan fingerprint density at radius 1 is 1.03 bits per heavy atom. The summed E-state index contributed by atoms with van der Waals surface area (Å²) in [6, 6.07) is 15.9. The highest BCUT2D eigenvalue weighted by Gasteiger charge is 2.21. The van der Waals surface area contributed by atoms with E-state index in [1.165, 1.54) is 44.7 Å². The Kier molecular flexibility index (Phi) is 7.43. The van der Waals surface area contributed by atoms with E-state index in [2.05, 4.69) is 20.0 Å². The summed E-state index contributed by atoms with van der Waals surface area (Å²) < 4.78 is 37.4. The second kappa shape index (κ2) is 10.4. The molecule has 2 N–H and O–H groups in total. The van der Waals surface area contributed by atoms with Crippen molar-refractivity contribution in [1.29, 1.82) is 0 Å². The Balaban J connectivity index is 1.77. The summed E-state index contributed by atoms with van der Waals surface area (Å²) in [7, 11) is -1.32. The average molecular weight is 484 g/mol. The van der Waals surface area contributed by atoms with Gasteiger partial charge in [0.05, 0.1) is 35.8 Å². The molecule has 3 aromatic carbocycles. The maximum absolute atomic E-state index is 12.7. The van der Waals surface area contributed by atoms with Crippen LogP contribution in [0.25, 0.3) is 0 Å². The largest absolute Gasteiger partial charge is 0.497 e. The molecule has 0 aliphatic rings. The number of hydrogen-bond acceptors (Lipinski definition) is 9. The Morgan fingerprint density at radius 2 is 1.71 bits per heavy atom. The normalized spacial score (nSPS) is 11.1. The van der Waals surface area contributed by atoms with Crippen LogP contribution in [0.5, 0.6) is 5.75 Å². The van der Waals surface area contributed by atoms with Crippen molar-refractivity contribution in [1.82, 2.24) is 0 Å². The molecule has 0 aromatic heterocycles. The maximum atomic E-state index is 12.7. The molecular weight excluding hydrogens is 464 g/mol. The van der Waals surface area contributed by atoms with E-state index < -0.39 is 26.6 Å². The Labute approximate surface area is 195 Å². The molecule has 0 unspecified atom stereocenters. The Bertz CT molecular complexity index is 1320. The van der Waals surface area contributed by atoms with E-state index in [9.17, 15) is 23.3 Å². The SMILES string of the molecule is COC(=O)c1ccc(C=NNc2ccc(S(=O)(=O)Nc3ccc(OC)cc3)cc2[N+](=O)[O-])cc1. The van der Waals surface area contributed by atoms with Crippen LogP contribution >= 0.6 is 0 Å². The molecule has 0 spiro atoms. The lowest BCUT2D eigenvalue weighted by Gasteiger charge is -2.10. The number of rotatable bonds is 9. The highest BCUT2D eigenvalue weighted by molar-refractivity contribution is 7.92. The fourth-order valence-corrected chi connectivity index (χ4v) is 3.88. The van der Waals surface area contributed by atoms with Gasteiger partial charge in [-0.2, -0.15) is 5.10 Å². The molecule has 0 heterocycles. The van der Waals surface area contributed by atoms with Crippen molar-refractivity contribution >= 4 is 39.3 Å². The zero-order valence-electron chi connectivity index (χ0n) is 18.1. The van der Waals surface area contributed by atoms with Gasteiger partial charge in [-0.1, -0.05) is 12.1 Å². The van der Waals surface area contributed by atoms with Gasteiger partial charge >= 0.3 is 5.97 Å². The average Bonchev–Trinajstić information content (AvgIpc) is 2.84. The smallest absolute Gasteiger partial charge is 0.337 e. The Morgan fingerprint density at radius 3 is 2.29 bits per heavy atom. The van der Waals surface area contributed by atoms with Crippen LogP contribution in [0.4, 0.5) is 17.1 Å². The molecule has 3 rings (SSSR count). The molecule has 0 atom stereocenters. The molecule has 0 bridgehead atoms. The van der Waals surface area contributed by atoms with Crippen LogP contribution in [0.3, 0.4) is 0 Å². The fraction of sp³-hybridized carbons (Fsp3) is 0.0909. The van der Waals surface area contributed by atoms with Crippen LogP contribution in [-0.4, -0.2) is 39.7 Å². The summed E-state index contributed by atoms with van der Waals surface area (Å²) in [6.07, 6.45) is 1.39. The summed E-state index contributed by atoms with van der Waals surface area (Å²) in [6.45, 7) is 0. The van der Waals surface area contributed by atoms with E-state index in [1.807, 2.05) is 0 Å². The van der Waals surface area contributed by atoms with Crippen LogP contribution in [0, 0.1) is 10.1 Å². The van der Waals surface area contributed by atoms with E-state index in [0.29, 0.717) is 16.9 Å². The van der Waals surface area contributed by atoms with Crippen LogP contribution in [-0.2, 0) is 14.8 Å². The highest BCUT2D eigenvalue weighted by Crippen LogP contribution is 2.29. The molecule has 3 aromatic rings. The maximum Gasteiger partial charge on any atom is 0.337 e. The van der Waals surface area contributed by atoms with Crippen molar-refractivity contribution in [3.05, 3.63) is 88.0 Å².